The van der Waals surface area contributed by atoms with Crippen LogP contribution in [0.3, 0.4) is 0 Å². The number of rotatable bonds is 8. The van der Waals surface area contributed by atoms with Gasteiger partial charge < -0.3 is 19.1 Å². The van der Waals surface area contributed by atoms with E-state index in [9.17, 15) is 4.79 Å². The molecule has 1 heterocycles. The number of carbonyl (C=O) groups is 1. The van der Waals surface area contributed by atoms with Crippen LogP contribution in [0.5, 0.6) is 11.5 Å². The lowest BCUT2D eigenvalue weighted by Gasteiger charge is -2.46. The van der Waals surface area contributed by atoms with Gasteiger partial charge in [-0.3, -0.25) is 4.79 Å². The van der Waals surface area contributed by atoms with Gasteiger partial charge in [-0.25, -0.2) is 0 Å². The average molecular weight is 426 g/mol. The molecule has 0 aliphatic carbocycles. The lowest BCUT2D eigenvalue weighted by molar-refractivity contribution is -0.118. The highest BCUT2D eigenvalue weighted by atomic mass is 16.5. The molecule has 0 spiro atoms. The minimum atomic E-state index is -0.197. The van der Waals surface area contributed by atoms with Gasteiger partial charge in [0, 0.05) is 36.7 Å². The molecule has 1 saturated heterocycles. The van der Waals surface area contributed by atoms with E-state index in [-0.39, 0.29) is 16.9 Å². The molecular weight excluding hydrogens is 390 g/mol. The van der Waals surface area contributed by atoms with E-state index in [2.05, 4.69) is 44.2 Å². The smallest absolute Gasteiger partial charge is 0.226 e. The van der Waals surface area contributed by atoms with E-state index in [0.717, 1.165) is 31.6 Å². The molecule has 1 atom stereocenters. The fourth-order valence-electron chi connectivity index (χ4n) is 4.78. The van der Waals surface area contributed by atoms with Crippen LogP contribution in [0.15, 0.2) is 48.5 Å². The van der Waals surface area contributed by atoms with Crippen LogP contribution in [0.4, 0.5) is 5.69 Å². The quantitative estimate of drug-likeness (QED) is 0.571. The van der Waals surface area contributed by atoms with Gasteiger partial charge in [-0.05, 0) is 50.8 Å². The van der Waals surface area contributed by atoms with Crippen LogP contribution in [0.25, 0.3) is 0 Å². The third kappa shape index (κ3) is 5.21. The molecule has 1 fully saturated rings. The van der Waals surface area contributed by atoms with Crippen molar-refractivity contribution in [2.75, 3.05) is 32.3 Å². The van der Waals surface area contributed by atoms with E-state index in [1.54, 1.807) is 14.2 Å². The number of carbonyl (C=O) groups excluding carboxylic acids is 1. The fraction of sp³-hybridized carbons (Fsp3) is 0.500. The highest BCUT2D eigenvalue weighted by Crippen LogP contribution is 2.44. The van der Waals surface area contributed by atoms with Crippen LogP contribution in [0, 0.1) is 0 Å². The minimum Gasteiger partial charge on any atom is -0.493 e. The topological polar surface area (TPSA) is 48.0 Å². The molecule has 2 aromatic carbocycles. The number of ether oxygens (including phenoxy) is 3. The summed E-state index contributed by atoms with van der Waals surface area (Å²) in [5.41, 5.74) is 1.92. The standard InChI is InChI=1S/C26H35NO4/c1-6-24(28)27(21-12-13-22(29-4)23(18-21)30-5)16-14-26(20-10-8-7-9-11-20)15-17-31-25(2,3)19-26/h7-13,18H,6,14-17,19H2,1-5H3/t26-/m0/s1. The number of amides is 1. The molecule has 5 nitrogen and oxygen atoms in total. The van der Waals surface area contributed by atoms with E-state index in [4.69, 9.17) is 14.2 Å². The van der Waals surface area contributed by atoms with Gasteiger partial charge in [0.2, 0.25) is 5.91 Å². The SMILES string of the molecule is CCC(=O)N(CC[C@]1(c2ccccc2)CCOC(C)(C)C1)c1ccc(OC)c(OC)c1. The van der Waals surface area contributed by atoms with Crippen molar-refractivity contribution in [2.45, 2.75) is 57.5 Å². The molecule has 0 unspecified atom stereocenters. The van der Waals surface area contributed by atoms with Crippen LogP contribution in [0.1, 0.15) is 52.0 Å². The van der Waals surface area contributed by atoms with Gasteiger partial charge in [-0.1, -0.05) is 37.3 Å². The van der Waals surface area contributed by atoms with Crippen molar-refractivity contribution in [3.8, 4) is 11.5 Å². The second-order valence-corrected chi connectivity index (χ2v) is 8.87. The normalized spacial score (nSPS) is 20.2. The van der Waals surface area contributed by atoms with E-state index >= 15 is 0 Å². The third-order valence-corrected chi connectivity index (χ3v) is 6.32. The molecule has 2 aromatic rings. The summed E-state index contributed by atoms with van der Waals surface area (Å²) in [5.74, 6) is 1.38. The van der Waals surface area contributed by atoms with Crippen LogP contribution < -0.4 is 14.4 Å². The van der Waals surface area contributed by atoms with Gasteiger partial charge in [0.25, 0.3) is 0 Å². The molecule has 0 aromatic heterocycles. The highest BCUT2D eigenvalue weighted by molar-refractivity contribution is 5.93. The molecule has 3 rings (SSSR count). The van der Waals surface area contributed by atoms with E-state index < -0.39 is 0 Å². The summed E-state index contributed by atoms with van der Waals surface area (Å²) in [5, 5.41) is 0. The van der Waals surface area contributed by atoms with Crippen molar-refractivity contribution in [1.82, 2.24) is 0 Å². The second kappa shape index (κ2) is 9.73. The largest absolute Gasteiger partial charge is 0.493 e. The first-order valence-corrected chi connectivity index (χ1v) is 11.1. The van der Waals surface area contributed by atoms with Crippen LogP contribution >= 0.6 is 0 Å². The molecule has 1 amide bonds. The first kappa shape index (κ1) is 23.1. The summed E-state index contributed by atoms with van der Waals surface area (Å²) in [4.78, 5) is 14.8. The van der Waals surface area contributed by atoms with Gasteiger partial charge in [0.1, 0.15) is 0 Å². The highest BCUT2D eigenvalue weighted by Gasteiger charge is 2.42. The lowest BCUT2D eigenvalue weighted by Crippen LogP contribution is -2.46. The molecule has 0 radical (unpaired) electrons. The minimum absolute atomic E-state index is 0.0359. The Bertz CT molecular complexity index is 880. The Labute approximate surface area is 186 Å². The van der Waals surface area contributed by atoms with Crippen LogP contribution in [0.2, 0.25) is 0 Å². The zero-order valence-corrected chi connectivity index (χ0v) is 19.4. The maximum atomic E-state index is 12.9. The predicted molar refractivity (Wildman–Crippen MR) is 124 cm³/mol. The summed E-state index contributed by atoms with van der Waals surface area (Å²) < 4.78 is 16.9. The Morgan fingerprint density at radius 1 is 1.06 bits per heavy atom. The Morgan fingerprint density at radius 3 is 2.39 bits per heavy atom. The summed E-state index contributed by atoms with van der Waals surface area (Å²) in [6.07, 6.45) is 3.18. The summed E-state index contributed by atoms with van der Waals surface area (Å²) in [6, 6.07) is 16.3. The zero-order chi connectivity index (χ0) is 22.5. The third-order valence-electron chi connectivity index (χ3n) is 6.32. The number of methoxy groups -OCH3 is 2. The number of benzene rings is 2. The molecule has 0 saturated carbocycles. The molecule has 5 heteroatoms. The van der Waals surface area contributed by atoms with E-state index in [1.165, 1.54) is 5.56 Å². The van der Waals surface area contributed by atoms with E-state index in [1.807, 2.05) is 30.0 Å². The predicted octanol–water partition coefficient (Wildman–Crippen LogP) is 5.36. The molecule has 31 heavy (non-hydrogen) atoms. The summed E-state index contributed by atoms with van der Waals surface area (Å²) in [6.45, 7) is 7.58. The van der Waals surface area contributed by atoms with Gasteiger partial charge in [0.05, 0.1) is 19.8 Å². The van der Waals surface area contributed by atoms with Crippen molar-refractivity contribution < 1.29 is 19.0 Å². The van der Waals surface area contributed by atoms with Crippen molar-refractivity contribution in [1.29, 1.82) is 0 Å². The molecule has 0 N–H and O–H groups in total. The number of anilines is 1. The number of hydrogen-bond donors (Lipinski definition) is 0. The molecular formula is C26H35NO4. The van der Waals surface area contributed by atoms with Gasteiger partial charge in [0.15, 0.2) is 11.5 Å². The maximum Gasteiger partial charge on any atom is 0.226 e. The molecule has 1 aliphatic rings. The van der Waals surface area contributed by atoms with Crippen molar-refractivity contribution in [2.24, 2.45) is 0 Å². The Morgan fingerprint density at radius 2 is 1.77 bits per heavy atom. The number of nitrogens with zero attached hydrogens (tertiary/aromatic N) is 1. The monoisotopic (exact) mass is 425 g/mol. The van der Waals surface area contributed by atoms with Crippen molar-refractivity contribution >= 4 is 11.6 Å². The Kier molecular flexibility index (Phi) is 7.26. The Balaban J connectivity index is 1.92. The fourth-order valence-corrected chi connectivity index (χ4v) is 4.78. The van der Waals surface area contributed by atoms with Crippen molar-refractivity contribution in [3.05, 3.63) is 54.1 Å². The Hall–Kier alpha value is -2.53. The lowest BCUT2D eigenvalue weighted by atomic mass is 9.67. The first-order chi connectivity index (χ1) is 14.8. The van der Waals surface area contributed by atoms with E-state index in [0.29, 0.717) is 24.5 Å². The second-order valence-electron chi connectivity index (χ2n) is 8.87. The maximum absolute atomic E-state index is 12.9. The summed E-state index contributed by atoms with van der Waals surface area (Å²) >= 11 is 0. The van der Waals surface area contributed by atoms with Gasteiger partial charge >= 0.3 is 0 Å². The zero-order valence-electron chi connectivity index (χ0n) is 19.4. The molecule has 1 aliphatic heterocycles. The first-order valence-electron chi connectivity index (χ1n) is 11.1. The van der Waals surface area contributed by atoms with Gasteiger partial charge in [-0.2, -0.15) is 0 Å². The van der Waals surface area contributed by atoms with Crippen LogP contribution in [-0.4, -0.2) is 38.9 Å². The number of hydrogen-bond acceptors (Lipinski definition) is 4. The van der Waals surface area contributed by atoms with Gasteiger partial charge in [-0.15, -0.1) is 0 Å². The van der Waals surface area contributed by atoms with Crippen molar-refractivity contribution in [3.63, 3.8) is 0 Å². The molecule has 168 valence electrons. The summed E-state index contributed by atoms with van der Waals surface area (Å²) in [7, 11) is 3.23. The van der Waals surface area contributed by atoms with Crippen LogP contribution in [-0.2, 0) is 14.9 Å². The molecule has 0 bridgehead atoms. The average Bonchev–Trinajstić information content (AvgIpc) is 2.78.